The maximum absolute atomic E-state index is 13.3. The summed E-state index contributed by atoms with van der Waals surface area (Å²) in [5.74, 6) is 1.83. The van der Waals surface area contributed by atoms with Gasteiger partial charge in [0.1, 0.15) is 18.1 Å². The highest BCUT2D eigenvalue weighted by Gasteiger charge is 2.42. The van der Waals surface area contributed by atoms with Gasteiger partial charge in [-0.25, -0.2) is 4.98 Å². The van der Waals surface area contributed by atoms with Crippen molar-refractivity contribution in [3.05, 3.63) is 47.4 Å². The summed E-state index contributed by atoms with van der Waals surface area (Å²) in [4.78, 5) is 28.0. The van der Waals surface area contributed by atoms with Crippen LogP contribution in [0.1, 0.15) is 43.8 Å². The molecule has 2 atom stereocenters. The number of carbonyl (C=O) groups is 1. The molecule has 0 saturated heterocycles. The van der Waals surface area contributed by atoms with Gasteiger partial charge in [-0.05, 0) is 37.7 Å². The Kier molecular flexibility index (Phi) is 5.57. The molecule has 3 heterocycles. The predicted octanol–water partition coefficient (Wildman–Crippen LogP) is 3.37. The molecule has 0 fully saturated rings. The lowest BCUT2D eigenvalue weighted by atomic mass is 9.81. The number of nitrogens with zero attached hydrogens (tertiary/aromatic N) is 3. The summed E-state index contributed by atoms with van der Waals surface area (Å²) in [6.07, 6.45) is 2.69. The Bertz CT molecular complexity index is 859. The summed E-state index contributed by atoms with van der Waals surface area (Å²) in [7, 11) is 0. The number of hydrogen-bond donors (Lipinski definition) is 1. The first-order valence-corrected chi connectivity index (χ1v) is 10.3. The normalized spacial score (nSPS) is 21.3. The van der Waals surface area contributed by atoms with Crippen molar-refractivity contribution in [2.24, 2.45) is 16.8 Å². The SMILES string of the molecule is CCCN1C(=O)C2CC(Cc3ccccc3)CN=C2c2[nH]c(COCC)nc21. The zero-order chi connectivity index (χ0) is 19.5. The van der Waals surface area contributed by atoms with Crippen molar-refractivity contribution in [2.75, 3.05) is 24.6 Å². The van der Waals surface area contributed by atoms with Crippen LogP contribution in [0.25, 0.3) is 0 Å². The van der Waals surface area contributed by atoms with E-state index in [1.54, 1.807) is 0 Å². The number of hydrogen-bond acceptors (Lipinski definition) is 4. The maximum atomic E-state index is 13.3. The Morgan fingerprint density at radius 1 is 1.25 bits per heavy atom. The van der Waals surface area contributed by atoms with Crippen molar-refractivity contribution in [3.8, 4) is 0 Å². The van der Waals surface area contributed by atoms with E-state index < -0.39 is 0 Å². The zero-order valence-electron chi connectivity index (χ0n) is 16.6. The van der Waals surface area contributed by atoms with Gasteiger partial charge in [-0.15, -0.1) is 0 Å². The minimum atomic E-state index is -0.179. The molecule has 0 bridgehead atoms. The molecule has 6 heteroatoms. The van der Waals surface area contributed by atoms with Crippen LogP contribution in [0.2, 0.25) is 0 Å². The number of amides is 1. The standard InChI is InChI=1S/C22H28N4O2/c1-3-10-26-21-20(24-18(25-21)14-28-4-2)19-17(22(26)27)12-16(13-23-19)11-15-8-6-5-7-9-15/h5-9,16-17H,3-4,10-14H2,1-2H3,(H,24,25). The molecule has 2 aliphatic rings. The summed E-state index contributed by atoms with van der Waals surface area (Å²) in [5, 5.41) is 0. The average Bonchev–Trinajstić information content (AvgIpc) is 3.14. The summed E-state index contributed by atoms with van der Waals surface area (Å²) < 4.78 is 5.50. The number of H-pyrrole nitrogens is 1. The number of aliphatic imine (C=N–C) groups is 1. The molecule has 0 spiro atoms. The fourth-order valence-corrected chi connectivity index (χ4v) is 4.21. The highest BCUT2D eigenvalue weighted by Crippen LogP contribution is 2.36. The van der Waals surface area contributed by atoms with Crippen molar-refractivity contribution < 1.29 is 9.53 Å². The summed E-state index contributed by atoms with van der Waals surface area (Å²) in [6, 6.07) is 10.5. The van der Waals surface area contributed by atoms with E-state index in [0.29, 0.717) is 25.7 Å². The monoisotopic (exact) mass is 380 g/mol. The number of rotatable bonds is 7. The van der Waals surface area contributed by atoms with Crippen LogP contribution in [0.3, 0.4) is 0 Å². The highest BCUT2D eigenvalue weighted by molar-refractivity contribution is 6.22. The van der Waals surface area contributed by atoms with Crippen LogP contribution in [-0.4, -0.2) is 41.3 Å². The molecule has 0 aliphatic carbocycles. The molecule has 1 N–H and O–H groups in total. The van der Waals surface area contributed by atoms with Crippen LogP contribution in [0.15, 0.2) is 35.3 Å². The molecule has 1 aromatic carbocycles. The van der Waals surface area contributed by atoms with Crippen LogP contribution in [-0.2, 0) is 22.6 Å². The van der Waals surface area contributed by atoms with Crippen molar-refractivity contribution >= 4 is 17.4 Å². The van der Waals surface area contributed by atoms with E-state index in [1.165, 1.54) is 5.56 Å². The quantitative estimate of drug-likeness (QED) is 0.801. The molecular formula is C22H28N4O2. The van der Waals surface area contributed by atoms with E-state index in [0.717, 1.165) is 48.9 Å². The van der Waals surface area contributed by atoms with Crippen LogP contribution in [0.4, 0.5) is 5.82 Å². The summed E-state index contributed by atoms with van der Waals surface area (Å²) >= 11 is 0. The fraction of sp³-hybridized carbons (Fsp3) is 0.500. The molecule has 28 heavy (non-hydrogen) atoms. The molecule has 148 valence electrons. The molecule has 0 radical (unpaired) electrons. The second kappa shape index (κ2) is 8.27. The minimum Gasteiger partial charge on any atom is -0.374 e. The second-order valence-corrected chi connectivity index (χ2v) is 7.58. The van der Waals surface area contributed by atoms with Crippen molar-refractivity contribution in [1.82, 2.24) is 9.97 Å². The minimum absolute atomic E-state index is 0.139. The Hall–Kier alpha value is -2.47. The van der Waals surface area contributed by atoms with Gasteiger partial charge in [0.05, 0.1) is 11.6 Å². The third-order valence-electron chi connectivity index (χ3n) is 5.49. The lowest BCUT2D eigenvalue weighted by Crippen LogP contribution is -2.48. The number of anilines is 1. The topological polar surface area (TPSA) is 70.6 Å². The van der Waals surface area contributed by atoms with Crippen LogP contribution < -0.4 is 4.90 Å². The van der Waals surface area contributed by atoms with Gasteiger partial charge >= 0.3 is 0 Å². The van der Waals surface area contributed by atoms with Crippen molar-refractivity contribution in [2.45, 2.75) is 39.7 Å². The number of aromatic nitrogens is 2. The molecule has 6 nitrogen and oxygen atoms in total. The van der Waals surface area contributed by atoms with Gasteiger partial charge in [0.15, 0.2) is 5.82 Å². The van der Waals surface area contributed by atoms with E-state index in [-0.39, 0.29) is 11.8 Å². The fourth-order valence-electron chi connectivity index (χ4n) is 4.21. The van der Waals surface area contributed by atoms with Gasteiger partial charge in [0.25, 0.3) is 0 Å². The largest absolute Gasteiger partial charge is 0.374 e. The number of benzene rings is 1. The number of carbonyl (C=O) groups excluding carboxylic acids is 1. The smallest absolute Gasteiger partial charge is 0.237 e. The van der Waals surface area contributed by atoms with Gasteiger partial charge < -0.3 is 9.72 Å². The Morgan fingerprint density at radius 3 is 2.82 bits per heavy atom. The van der Waals surface area contributed by atoms with Crippen molar-refractivity contribution in [1.29, 1.82) is 0 Å². The summed E-state index contributed by atoms with van der Waals surface area (Å²) in [5.41, 5.74) is 3.10. The van der Waals surface area contributed by atoms with Gasteiger partial charge in [0, 0.05) is 19.7 Å². The number of aromatic amines is 1. The van der Waals surface area contributed by atoms with Gasteiger partial charge in [-0.2, -0.15) is 0 Å². The van der Waals surface area contributed by atoms with E-state index in [2.05, 4.69) is 41.2 Å². The molecular weight excluding hydrogens is 352 g/mol. The first-order chi connectivity index (χ1) is 13.7. The number of nitrogens with one attached hydrogen (secondary N) is 1. The first kappa shape index (κ1) is 18.9. The molecule has 1 aromatic heterocycles. The Morgan fingerprint density at radius 2 is 2.07 bits per heavy atom. The van der Waals surface area contributed by atoms with E-state index in [9.17, 15) is 4.79 Å². The van der Waals surface area contributed by atoms with E-state index in [4.69, 9.17) is 9.73 Å². The summed E-state index contributed by atoms with van der Waals surface area (Å²) in [6.45, 7) is 6.53. The number of fused-ring (bicyclic) bond motifs is 3. The number of imidazole rings is 1. The molecule has 0 saturated carbocycles. The molecule has 2 unspecified atom stereocenters. The van der Waals surface area contributed by atoms with E-state index >= 15 is 0 Å². The second-order valence-electron chi connectivity index (χ2n) is 7.58. The first-order valence-electron chi connectivity index (χ1n) is 10.3. The highest BCUT2D eigenvalue weighted by atomic mass is 16.5. The van der Waals surface area contributed by atoms with Crippen molar-refractivity contribution in [3.63, 3.8) is 0 Å². The van der Waals surface area contributed by atoms with Crippen LogP contribution >= 0.6 is 0 Å². The number of ether oxygens (including phenoxy) is 1. The van der Waals surface area contributed by atoms with Gasteiger partial charge in [-0.3, -0.25) is 14.7 Å². The predicted molar refractivity (Wildman–Crippen MR) is 110 cm³/mol. The molecule has 2 aliphatic heterocycles. The third-order valence-corrected chi connectivity index (χ3v) is 5.49. The lowest BCUT2D eigenvalue weighted by molar-refractivity contribution is -0.121. The van der Waals surface area contributed by atoms with Crippen LogP contribution in [0.5, 0.6) is 0 Å². The Balaban J connectivity index is 1.62. The molecule has 4 rings (SSSR count). The molecule has 2 aromatic rings. The van der Waals surface area contributed by atoms with Crippen LogP contribution in [0, 0.1) is 11.8 Å². The average molecular weight is 380 g/mol. The Labute approximate surface area is 166 Å². The lowest BCUT2D eigenvalue weighted by Gasteiger charge is -2.36. The van der Waals surface area contributed by atoms with Gasteiger partial charge in [0.2, 0.25) is 5.91 Å². The zero-order valence-corrected chi connectivity index (χ0v) is 16.6. The maximum Gasteiger partial charge on any atom is 0.237 e. The van der Waals surface area contributed by atoms with E-state index in [1.807, 2.05) is 17.9 Å². The van der Waals surface area contributed by atoms with Gasteiger partial charge in [-0.1, -0.05) is 37.3 Å². The molecule has 1 amide bonds. The third kappa shape index (κ3) is 3.61.